The van der Waals surface area contributed by atoms with Crippen molar-refractivity contribution in [2.45, 2.75) is 52.1 Å². The molecule has 1 aliphatic carbocycles. The monoisotopic (exact) mass is 493 g/mol. The van der Waals surface area contributed by atoms with Crippen LogP contribution in [0.3, 0.4) is 0 Å². The smallest absolute Gasteiger partial charge is 0.293 e. The number of ether oxygens (including phenoxy) is 1. The van der Waals surface area contributed by atoms with Crippen molar-refractivity contribution in [2.24, 2.45) is 5.73 Å². The van der Waals surface area contributed by atoms with E-state index < -0.39 is 11.6 Å². The number of aromatic amines is 1. The van der Waals surface area contributed by atoms with E-state index in [1.165, 1.54) is 31.7 Å². The number of carbonyl (C=O) groups excluding carboxylic acids is 2. The van der Waals surface area contributed by atoms with Gasteiger partial charge < -0.3 is 20.8 Å². The second-order valence-electron chi connectivity index (χ2n) is 7.28. The van der Waals surface area contributed by atoms with Gasteiger partial charge >= 0.3 is 0 Å². The van der Waals surface area contributed by atoms with Crippen LogP contribution in [-0.2, 0) is 14.3 Å². The Bertz CT molecular complexity index is 1030. The molecule has 0 unspecified atom stereocenters. The lowest BCUT2D eigenvalue weighted by Gasteiger charge is -2.22. The number of amides is 1. The fourth-order valence-electron chi connectivity index (χ4n) is 3.10. The van der Waals surface area contributed by atoms with Crippen molar-refractivity contribution in [1.29, 1.82) is 0 Å². The van der Waals surface area contributed by atoms with Crippen LogP contribution in [0.4, 0.5) is 13.2 Å². The van der Waals surface area contributed by atoms with Crippen LogP contribution < -0.4 is 11.1 Å². The number of carbonyl (C=O) groups is 2. The molecule has 1 aromatic heterocycles. The summed E-state index contributed by atoms with van der Waals surface area (Å²) in [7, 11) is 1.50. The van der Waals surface area contributed by atoms with Crippen LogP contribution in [0.2, 0.25) is 0 Å². The molecule has 1 aliphatic heterocycles. The van der Waals surface area contributed by atoms with Crippen LogP contribution in [0.1, 0.15) is 46.0 Å². The first-order chi connectivity index (χ1) is 17.0. The highest BCUT2D eigenvalue weighted by Crippen LogP contribution is 2.26. The van der Waals surface area contributed by atoms with Crippen molar-refractivity contribution in [1.82, 2.24) is 10.3 Å². The van der Waals surface area contributed by atoms with E-state index in [-0.39, 0.29) is 23.3 Å². The summed E-state index contributed by atoms with van der Waals surface area (Å²) in [6.45, 7) is 5.42. The molecular formula is C26H34F3N3O3. The van der Waals surface area contributed by atoms with Gasteiger partial charge in [-0.05, 0) is 74.7 Å². The molecule has 0 radical (unpaired) electrons. The predicted octanol–water partition coefficient (Wildman–Crippen LogP) is 5.46. The van der Waals surface area contributed by atoms with E-state index in [9.17, 15) is 22.8 Å². The highest BCUT2D eigenvalue weighted by atomic mass is 19.1. The van der Waals surface area contributed by atoms with Gasteiger partial charge in [0.2, 0.25) is 5.91 Å². The highest BCUT2D eigenvalue weighted by Gasteiger charge is 2.17. The third-order valence-electron chi connectivity index (χ3n) is 5.00. The molecule has 1 saturated heterocycles. The van der Waals surface area contributed by atoms with Crippen LogP contribution >= 0.6 is 0 Å². The Labute approximate surface area is 204 Å². The average Bonchev–Trinajstić information content (AvgIpc) is 3.50. The SMILES string of the molecule is CC.CN.Fc1ccc(-c2cc3cc(F)cc(F)c3[nH]2)cc1.O=C1CCCN1.O=COC1CCC1. The van der Waals surface area contributed by atoms with Crippen molar-refractivity contribution < 1.29 is 27.5 Å². The first-order valence-electron chi connectivity index (χ1n) is 11.6. The van der Waals surface area contributed by atoms with Gasteiger partial charge in [-0.2, -0.15) is 0 Å². The van der Waals surface area contributed by atoms with Crippen LogP contribution in [-0.4, -0.2) is 37.1 Å². The number of H-pyrrole nitrogens is 1. The summed E-state index contributed by atoms with van der Waals surface area (Å²) < 4.78 is 44.0. The number of hydrogen-bond acceptors (Lipinski definition) is 4. The molecule has 3 aromatic rings. The van der Waals surface area contributed by atoms with Gasteiger partial charge in [0.1, 0.15) is 23.6 Å². The van der Waals surface area contributed by atoms with E-state index >= 15 is 0 Å². The minimum Gasteiger partial charge on any atom is -0.465 e. The van der Waals surface area contributed by atoms with E-state index in [0.717, 1.165) is 38.3 Å². The second kappa shape index (κ2) is 16.3. The summed E-state index contributed by atoms with van der Waals surface area (Å²) in [6.07, 6.45) is 5.38. The molecule has 5 rings (SSSR count). The first kappa shape index (κ1) is 29.7. The summed E-state index contributed by atoms with van der Waals surface area (Å²) in [5.41, 5.74) is 6.08. The summed E-state index contributed by atoms with van der Waals surface area (Å²) in [5.74, 6) is -1.40. The first-order valence-corrected chi connectivity index (χ1v) is 11.6. The summed E-state index contributed by atoms with van der Waals surface area (Å²) >= 11 is 0. The fourth-order valence-corrected chi connectivity index (χ4v) is 3.10. The van der Waals surface area contributed by atoms with Crippen molar-refractivity contribution in [3.05, 3.63) is 59.9 Å². The Morgan fingerprint density at radius 2 is 1.63 bits per heavy atom. The van der Waals surface area contributed by atoms with Crippen LogP contribution in [0.15, 0.2) is 42.5 Å². The lowest BCUT2D eigenvalue weighted by atomic mass is 9.96. The zero-order valence-electron chi connectivity index (χ0n) is 20.4. The molecule has 2 aromatic carbocycles. The van der Waals surface area contributed by atoms with E-state index in [2.05, 4.69) is 20.8 Å². The third-order valence-corrected chi connectivity index (χ3v) is 5.00. The number of aromatic nitrogens is 1. The molecule has 35 heavy (non-hydrogen) atoms. The van der Waals surface area contributed by atoms with Crippen molar-refractivity contribution in [3.63, 3.8) is 0 Å². The molecule has 4 N–H and O–H groups in total. The average molecular weight is 494 g/mol. The Hall–Kier alpha value is -3.33. The molecule has 0 spiro atoms. The molecule has 1 amide bonds. The lowest BCUT2D eigenvalue weighted by Crippen LogP contribution is -2.20. The lowest BCUT2D eigenvalue weighted by molar-refractivity contribution is -0.137. The number of benzene rings is 2. The van der Waals surface area contributed by atoms with E-state index in [1.54, 1.807) is 18.2 Å². The molecule has 6 nitrogen and oxygen atoms in total. The van der Waals surface area contributed by atoms with E-state index in [4.69, 9.17) is 0 Å². The molecule has 0 bridgehead atoms. The van der Waals surface area contributed by atoms with Crippen molar-refractivity contribution in [3.8, 4) is 11.3 Å². The van der Waals surface area contributed by atoms with Gasteiger partial charge in [-0.25, -0.2) is 13.2 Å². The number of fused-ring (bicyclic) bond motifs is 1. The molecule has 2 fully saturated rings. The Morgan fingerprint density at radius 3 is 2.06 bits per heavy atom. The molecule has 2 heterocycles. The number of nitrogens with one attached hydrogen (secondary N) is 2. The van der Waals surface area contributed by atoms with Crippen LogP contribution in [0.5, 0.6) is 0 Å². The third kappa shape index (κ3) is 9.82. The molecule has 0 atom stereocenters. The maximum atomic E-state index is 13.5. The number of halogens is 3. The van der Waals surface area contributed by atoms with Crippen LogP contribution in [0.25, 0.3) is 22.2 Å². The number of hydrogen-bond donors (Lipinski definition) is 3. The summed E-state index contributed by atoms with van der Waals surface area (Å²) in [5, 5.41) is 3.13. The summed E-state index contributed by atoms with van der Waals surface area (Å²) in [6, 6.07) is 9.50. The topological polar surface area (TPSA) is 97.2 Å². The normalized spacial score (nSPS) is 13.7. The van der Waals surface area contributed by atoms with Crippen molar-refractivity contribution >= 4 is 23.3 Å². The highest BCUT2D eigenvalue weighted by molar-refractivity contribution is 5.86. The van der Waals surface area contributed by atoms with Gasteiger partial charge in [-0.15, -0.1) is 0 Å². The second-order valence-corrected chi connectivity index (χ2v) is 7.28. The molecular weight excluding hydrogens is 459 g/mol. The summed E-state index contributed by atoms with van der Waals surface area (Å²) in [4.78, 5) is 22.6. The largest absolute Gasteiger partial charge is 0.465 e. The van der Waals surface area contributed by atoms with Crippen molar-refractivity contribution in [2.75, 3.05) is 13.6 Å². The zero-order valence-corrected chi connectivity index (χ0v) is 20.4. The Balaban J connectivity index is 0.000000296. The molecule has 1 saturated carbocycles. The van der Waals surface area contributed by atoms with Gasteiger partial charge in [-0.1, -0.05) is 13.8 Å². The minimum atomic E-state index is -0.640. The van der Waals surface area contributed by atoms with Gasteiger partial charge in [0.25, 0.3) is 6.47 Å². The van der Waals surface area contributed by atoms with Crippen LogP contribution in [0, 0.1) is 17.5 Å². The predicted molar refractivity (Wildman–Crippen MR) is 132 cm³/mol. The number of rotatable bonds is 3. The molecule has 2 aliphatic rings. The Morgan fingerprint density at radius 1 is 0.971 bits per heavy atom. The van der Waals surface area contributed by atoms with Gasteiger partial charge in [0, 0.05) is 30.1 Å². The van der Waals surface area contributed by atoms with E-state index in [1.807, 2.05) is 13.8 Å². The van der Waals surface area contributed by atoms with Gasteiger partial charge in [0.05, 0.1) is 5.52 Å². The fraction of sp³-hybridized carbons (Fsp3) is 0.385. The zero-order chi connectivity index (χ0) is 26.2. The standard InChI is InChI=1S/C14H8F3N.C5H8O2.C4H7NO.C2H6.CH5N/c15-10-3-1-8(2-4-10)13-6-9-5-11(16)7-12(17)14(9)18-13;6-4-7-5-2-1-3-5;6-4-2-1-3-5-4;2*1-2/h1-7,18H;4-5H,1-3H2;1-3H2,(H,5,6);1-2H3;2H2,1H3. The van der Waals surface area contributed by atoms with Gasteiger partial charge in [-0.3, -0.25) is 9.59 Å². The minimum absolute atomic E-state index is 0.204. The molecule has 9 heteroatoms. The maximum Gasteiger partial charge on any atom is 0.293 e. The molecule has 192 valence electrons. The van der Waals surface area contributed by atoms with E-state index in [0.29, 0.717) is 23.1 Å². The quantitative estimate of drug-likeness (QED) is 0.422. The number of nitrogens with two attached hydrogens (primary N) is 1. The van der Waals surface area contributed by atoms with Gasteiger partial charge in [0.15, 0.2) is 0 Å². The maximum absolute atomic E-state index is 13.5. The Kier molecular flexibility index (Phi) is 13.9.